The third-order valence-corrected chi connectivity index (χ3v) is 3.33. The number of carbonyl (C=O) groups excluding carboxylic acids is 2. The summed E-state index contributed by atoms with van der Waals surface area (Å²) in [5.74, 6) is -0.753. The number of β-amino-alcohol motifs (C(OH)–C–C–N with tert-alkyl or cyclic N) is 2. The van der Waals surface area contributed by atoms with Gasteiger partial charge >= 0.3 is 0 Å². The molecule has 1 aliphatic rings. The molecule has 0 radical (unpaired) electrons. The average Bonchev–Trinajstić information content (AvgIpc) is 2.76. The Hall–Kier alpha value is -1.63. The Morgan fingerprint density at radius 1 is 1.30 bits per heavy atom. The fraction of sp³-hybridized carbons (Fsp3) is 0.385. The van der Waals surface area contributed by atoms with Gasteiger partial charge in [-0.25, -0.2) is 0 Å². The molecule has 1 fully saturated rings. The molecule has 6 nitrogen and oxygen atoms in total. The summed E-state index contributed by atoms with van der Waals surface area (Å²) in [6, 6.07) is 6.39. The van der Waals surface area contributed by atoms with Crippen LogP contribution in [0.4, 0.5) is 0 Å². The lowest BCUT2D eigenvalue weighted by Crippen LogP contribution is -2.39. The van der Waals surface area contributed by atoms with E-state index in [1.165, 1.54) is 11.0 Å². The van der Waals surface area contributed by atoms with Gasteiger partial charge in [-0.15, -0.1) is 0 Å². The molecule has 1 saturated heterocycles. The van der Waals surface area contributed by atoms with Gasteiger partial charge in [0.15, 0.2) is 0 Å². The molecule has 20 heavy (non-hydrogen) atoms. The van der Waals surface area contributed by atoms with E-state index in [0.717, 1.165) is 0 Å². The van der Waals surface area contributed by atoms with Crippen LogP contribution >= 0.6 is 11.6 Å². The zero-order valence-corrected chi connectivity index (χ0v) is 11.4. The van der Waals surface area contributed by atoms with Crippen LogP contribution in [0.2, 0.25) is 5.02 Å². The van der Waals surface area contributed by atoms with E-state index >= 15 is 0 Å². The van der Waals surface area contributed by atoms with Crippen LogP contribution in [-0.2, 0) is 4.79 Å². The second-order valence-electron chi connectivity index (χ2n) is 4.63. The number of likely N-dealkylation sites (tertiary alicyclic amines) is 1. The molecule has 1 aliphatic heterocycles. The highest BCUT2D eigenvalue weighted by Crippen LogP contribution is 2.11. The number of halogens is 1. The third-order valence-electron chi connectivity index (χ3n) is 3.10. The topological polar surface area (TPSA) is 89.9 Å². The number of hydrogen-bond donors (Lipinski definition) is 3. The minimum atomic E-state index is -0.928. The number of aliphatic hydroxyl groups excluding tert-OH is 2. The fourth-order valence-corrected chi connectivity index (χ4v) is 2.16. The lowest BCUT2D eigenvalue weighted by molar-refractivity contribution is -0.129. The van der Waals surface area contributed by atoms with Crippen molar-refractivity contribution in [2.45, 2.75) is 12.2 Å². The number of rotatable bonds is 3. The van der Waals surface area contributed by atoms with Crippen molar-refractivity contribution < 1.29 is 19.8 Å². The van der Waals surface area contributed by atoms with Gasteiger partial charge in [-0.2, -0.15) is 0 Å². The van der Waals surface area contributed by atoms with E-state index in [1.807, 2.05) is 0 Å². The van der Waals surface area contributed by atoms with E-state index in [0.29, 0.717) is 10.6 Å². The Morgan fingerprint density at radius 2 is 1.95 bits per heavy atom. The largest absolute Gasteiger partial charge is 0.388 e. The lowest BCUT2D eigenvalue weighted by Gasteiger charge is -2.15. The van der Waals surface area contributed by atoms with Gasteiger partial charge in [0.25, 0.3) is 5.91 Å². The maximum absolute atomic E-state index is 11.8. The Morgan fingerprint density at radius 3 is 2.55 bits per heavy atom. The molecule has 7 heteroatoms. The maximum atomic E-state index is 11.8. The smallest absolute Gasteiger partial charge is 0.251 e. The number of amides is 2. The molecule has 3 N–H and O–H groups in total. The Balaban J connectivity index is 1.86. The summed E-state index contributed by atoms with van der Waals surface area (Å²) < 4.78 is 0. The van der Waals surface area contributed by atoms with Crippen molar-refractivity contribution in [1.82, 2.24) is 10.2 Å². The second-order valence-corrected chi connectivity index (χ2v) is 5.06. The van der Waals surface area contributed by atoms with Crippen LogP contribution in [0.3, 0.4) is 0 Å². The van der Waals surface area contributed by atoms with Crippen LogP contribution in [0.25, 0.3) is 0 Å². The van der Waals surface area contributed by atoms with Crippen molar-refractivity contribution in [3.8, 4) is 0 Å². The van der Waals surface area contributed by atoms with Crippen molar-refractivity contribution in [2.75, 3.05) is 19.6 Å². The molecule has 2 amide bonds. The van der Waals surface area contributed by atoms with E-state index in [2.05, 4.69) is 5.32 Å². The van der Waals surface area contributed by atoms with Gasteiger partial charge in [0, 0.05) is 23.7 Å². The quantitative estimate of drug-likeness (QED) is 0.710. The fourth-order valence-electron chi connectivity index (χ4n) is 1.97. The van der Waals surface area contributed by atoms with Gasteiger partial charge in [-0.05, 0) is 18.2 Å². The average molecular weight is 299 g/mol. The van der Waals surface area contributed by atoms with Crippen molar-refractivity contribution in [1.29, 1.82) is 0 Å². The van der Waals surface area contributed by atoms with Crippen molar-refractivity contribution >= 4 is 23.4 Å². The van der Waals surface area contributed by atoms with Crippen LogP contribution in [0.15, 0.2) is 24.3 Å². The molecule has 2 unspecified atom stereocenters. The number of carbonyl (C=O) groups is 2. The molecular formula is C13H15ClN2O4. The Kier molecular flexibility index (Phi) is 4.59. The van der Waals surface area contributed by atoms with Crippen molar-refractivity contribution in [3.63, 3.8) is 0 Å². The van der Waals surface area contributed by atoms with Crippen LogP contribution in [0.5, 0.6) is 0 Å². The summed E-state index contributed by atoms with van der Waals surface area (Å²) in [6.07, 6.45) is -1.86. The highest BCUT2D eigenvalue weighted by molar-refractivity contribution is 6.30. The molecule has 0 aliphatic carbocycles. The summed E-state index contributed by atoms with van der Waals surface area (Å²) in [4.78, 5) is 24.9. The molecule has 1 heterocycles. The molecule has 0 bridgehead atoms. The number of benzene rings is 1. The summed E-state index contributed by atoms with van der Waals surface area (Å²) in [5, 5.41) is 21.6. The molecule has 0 spiro atoms. The molecule has 0 aromatic heterocycles. The first-order valence-electron chi connectivity index (χ1n) is 6.15. The van der Waals surface area contributed by atoms with E-state index in [4.69, 9.17) is 11.6 Å². The molecule has 2 atom stereocenters. The number of aliphatic hydroxyl groups is 2. The van der Waals surface area contributed by atoms with Crippen LogP contribution < -0.4 is 5.32 Å². The number of nitrogens with zero attached hydrogens (tertiary/aromatic N) is 1. The first-order valence-corrected chi connectivity index (χ1v) is 6.53. The first-order chi connectivity index (χ1) is 9.47. The standard InChI is InChI=1S/C13H15ClN2O4/c14-9-3-1-2-8(4-9)13(20)15-5-12(19)16-6-10(17)11(18)7-16/h1-4,10-11,17-18H,5-7H2,(H,15,20). The maximum Gasteiger partial charge on any atom is 0.251 e. The number of nitrogens with one attached hydrogen (secondary N) is 1. The van der Waals surface area contributed by atoms with Crippen LogP contribution in [-0.4, -0.2) is 58.8 Å². The Labute approximate surface area is 121 Å². The highest BCUT2D eigenvalue weighted by Gasteiger charge is 2.32. The van der Waals surface area contributed by atoms with Gasteiger partial charge in [-0.3, -0.25) is 9.59 Å². The molecule has 0 saturated carbocycles. The van der Waals surface area contributed by atoms with E-state index < -0.39 is 18.1 Å². The van der Waals surface area contributed by atoms with Crippen LogP contribution in [0, 0.1) is 0 Å². The highest BCUT2D eigenvalue weighted by atomic mass is 35.5. The van der Waals surface area contributed by atoms with Gasteiger partial charge in [0.05, 0.1) is 18.8 Å². The van der Waals surface area contributed by atoms with E-state index in [-0.39, 0.29) is 25.5 Å². The minimum absolute atomic E-state index is 0.0764. The first kappa shape index (κ1) is 14.8. The normalized spacial score (nSPS) is 21.9. The van der Waals surface area contributed by atoms with Gasteiger partial charge < -0.3 is 20.4 Å². The molecule has 1 aromatic carbocycles. The molecular weight excluding hydrogens is 284 g/mol. The number of hydrogen-bond acceptors (Lipinski definition) is 4. The second kappa shape index (κ2) is 6.21. The van der Waals surface area contributed by atoms with Gasteiger partial charge in [-0.1, -0.05) is 17.7 Å². The zero-order valence-electron chi connectivity index (χ0n) is 10.6. The monoisotopic (exact) mass is 298 g/mol. The SMILES string of the molecule is O=C(NCC(=O)N1CC(O)C(O)C1)c1cccc(Cl)c1. The lowest BCUT2D eigenvalue weighted by atomic mass is 10.2. The minimum Gasteiger partial charge on any atom is -0.388 e. The predicted molar refractivity (Wildman–Crippen MR) is 72.4 cm³/mol. The molecule has 1 aromatic rings. The third kappa shape index (κ3) is 3.47. The van der Waals surface area contributed by atoms with E-state index in [9.17, 15) is 19.8 Å². The van der Waals surface area contributed by atoms with Gasteiger partial charge in [0.2, 0.25) is 5.91 Å². The summed E-state index contributed by atoms with van der Waals surface area (Å²) in [6.45, 7) is -0.0368. The van der Waals surface area contributed by atoms with Crippen molar-refractivity contribution in [2.24, 2.45) is 0 Å². The summed E-state index contributed by atoms with van der Waals surface area (Å²) >= 11 is 5.78. The predicted octanol–water partition coefficient (Wildman–Crippen LogP) is -0.366. The van der Waals surface area contributed by atoms with E-state index in [1.54, 1.807) is 18.2 Å². The van der Waals surface area contributed by atoms with Gasteiger partial charge in [0.1, 0.15) is 0 Å². The molecule has 2 rings (SSSR count). The summed E-state index contributed by atoms with van der Waals surface area (Å²) in [7, 11) is 0. The molecule has 108 valence electrons. The Bertz CT molecular complexity index is 513. The van der Waals surface area contributed by atoms with Crippen molar-refractivity contribution in [3.05, 3.63) is 34.9 Å². The van der Waals surface area contributed by atoms with Crippen LogP contribution in [0.1, 0.15) is 10.4 Å². The zero-order chi connectivity index (χ0) is 14.7. The summed E-state index contributed by atoms with van der Waals surface area (Å²) in [5.41, 5.74) is 0.367.